The van der Waals surface area contributed by atoms with Crippen LogP contribution in [-0.4, -0.2) is 15.0 Å². The summed E-state index contributed by atoms with van der Waals surface area (Å²) in [5.74, 6) is 0. The molecule has 18 heavy (non-hydrogen) atoms. The first kappa shape index (κ1) is 10.8. The van der Waals surface area contributed by atoms with E-state index in [0.717, 1.165) is 23.2 Å². The number of aryl methyl sites for hydroxylation is 1. The Morgan fingerprint density at radius 1 is 1.17 bits per heavy atom. The molecule has 0 saturated heterocycles. The van der Waals surface area contributed by atoms with Crippen LogP contribution in [0.4, 0.5) is 0 Å². The highest BCUT2D eigenvalue weighted by Crippen LogP contribution is 2.14. The standard InChI is InChI=1S/C14H13N3O/c1-9-7-11(8-10-5-3-2-4-6-10)15-13-12(9)16-14(18)17-13/h2-7H,8H2,1H3,(H2,15,16,17,18). The maximum absolute atomic E-state index is 11.3. The van der Waals surface area contributed by atoms with Crippen molar-refractivity contribution in [3.05, 3.63) is 63.7 Å². The number of aromatic amines is 2. The highest BCUT2D eigenvalue weighted by Gasteiger charge is 2.06. The minimum atomic E-state index is -0.211. The molecule has 2 aromatic heterocycles. The average molecular weight is 239 g/mol. The SMILES string of the molecule is Cc1cc(Cc2ccccc2)nc2[nH]c(=O)[nH]c12. The zero-order chi connectivity index (χ0) is 12.5. The third kappa shape index (κ3) is 1.93. The number of imidazole rings is 1. The Morgan fingerprint density at radius 3 is 2.72 bits per heavy atom. The minimum absolute atomic E-state index is 0.211. The normalized spacial score (nSPS) is 10.9. The quantitative estimate of drug-likeness (QED) is 0.719. The molecule has 0 aliphatic carbocycles. The first-order valence-corrected chi connectivity index (χ1v) is 5.85. The van der Waals surface area contributed by atoms with E-state index in [1.807, 2.05) is 31.2 Å². The zero-order valence-corrected chi connectivity index (χ0v) is 10.0. The number of hydrogen-bond donors (Lipinski definition) is 2. The first-order valence-electron chi connectivity index (χ1n) is 5.85. The van der Waals surface area contributed by atoms with Gasteiger partial charge >= 0.3 is 5.69 Å². The van der Waals surface area contributed by atoms with Gasteiger partial charge in [0.1, 0.15) is 0 Å². The van der Waals surface area contributed by atoms with Crippen molar-refractivity contribution in [1.29, 1.82) is 0 Å². The van der Waals surface area contributed by atoms with Crippen molar-refractivity contribution in [3.63, 3.8) is 0 Å². The molecule has 0 amide bonds. The van der Waals surface area contributed by atoms with Crippen LogP contribution in [0.15, 0.2) is 41.2 Å². The lowest BCUT2D eigenvalue weighted by Gasteiger charge is -2.03. The van der Waals surface area contributed by atoms with Crippen LogP contribution in [-0.2, 0) is 6.42 Å². The van der Waals surface area contributed by atoms with Gasteiger partial charge in [0.25, 0.3) is 0 Å². The third-order valence-electron chi connectivity index (χ3n) is 2.97. The van der Waals surface area contributed by atoms with E-state index >= 15 is 0 Å². The molecule has 4 nitrogen and oxygen atoms in total. The number of fused-ring (bicyclic) bond motifs is 1. The number of H-pyrrole nitrogens is 2. The minimum Gasteiger partial charge on any atom is -0.304 e. The Morgan fingerprint density at radius 2 is 1.94 bits per heavy atom. The zero-order valence-electron chi connectivity index (χ0n) is 10.0. The molecule has 0 spiro atoms. The van der Waals surface area contributed by atoms with Gasteiger partial charge in [-0.1, -0.05) is 30.3 Å². The Bertz CT molecular complexity index is 741. The van der Waals surface area contributed by atoms with E-state index in [1.165, 1.54) is 5.56 Å². The molecule has 0 aliphatic heterocycles. The van der Waals surface area contributed by atoms with Gasteiger partial charge in [0.15, 0.2) is 5.65 Å². The molecule has 0 unspecified atom stereocenters. The molecule has 0 radical (unpaired) electrons. The molecule has 3 rings (SSSR count). The van der Waals surface area contributed by atoms with Gasteiger partial charge in [0.2, 0.25) is 0 Å². The maximum Gasteiger partial charge on any atom is 0.325 e. The Balaban J connectivity index is 2.05. The summed E-state index contributed by atoms with van der Waals surface area (Å²) in [4.78, 5) is 21.2. The van der Waals surface area contributed by atoms with E-state index in [1.54, 1.807) is 0 Å². The highest BCUT2D eigenvalue weighted by molar-refractivity contribution is 5.74. The molecular weight excluding hydrogens is 226 g/mol. The van der Waals surface area contributed by atoms with Crippen molar-refractivity contribution in [2.24, 2.45) is 0 Å². The predicted molar refractivity (Wildman–Crippen MR) is 70.7 cm³/mol. The van der Waals surface area contributed by atoms with Crippen LogP contribution >= 0.6 is 0 Å². The summed E-state index contributed by atoms with van der Waals surface area (Å²) in [6, 6.07) is 12.2. The van der Waals surface area contributed by atoms with E-state index in [2.05, 4.69) is 27.1 Å². The largest absolute Gasteiger partial charge is 0.325 e. The summed E-state index contributed by atoms with van der Waals surface area (Å²) in [5, 5.41) is 0. The lowest BCUT2D eigenvalue weighted by molar-refractivity contribution is 1.08. The molecule has 2 heterocycles. The van der Waals surface area contributed by atoms with Gasteiger partial charge in [0, 0.05) is 12.1 Å². The van der Waals surface area contributed by atoms with Gasteiger partial charge in [-0.15, -0.1) is 0 Å². The molecule has 0 saturated carbocycles. The van der Waals surface area contributed by atoms with Crippen LogP contribution in [0.5, 0.6) is 0 Å². The van der Waals surface area contributed by atoms with Crippen molar-refractivity contribution in [2.75, 3.05) is 0 Å². The van der Waals surface area contributed by atoms with E-state index in [-0.39, 0.29) is 5.69 Å². The number of benzene rings is 1. The summed E-state index contributed by atoms with van der Waals surface area (Å²) in [5.41, 5.74) is 4.41. The van der Waals surface area contributed by atoms with Gasteiger partial charge in [-0.25, -0.2) is 9.78 Å². The fourth-order valence-electron chi connectivity index (χ4n) is 2.14. The number of aromatic nitrogens is 3. The van der Waals surface area contributed by atoms with E-state index in [9.17, 15) is 4.79 Å². The van der Waals surface area contributed by atoms with Crippen molar-refractivity contribution in [2.45, 2.75) is 13.3 Å². The van der Waals surface area contributed by atoms with Crippen molar-refractivity contribution in [3.8, 4) is 0 Å². The lowest BCUT2D eigenvalue weighted by Crippen LogP contribution is -1.99. The number of nitrogens with one attached hydrogen (secondary N) is 2. The second kappa shape index (κ2) is 4.14. The number of hydrogen-bond acceptors (Lipinski definition) is 2. The topological polar surface area (TPSA) is 61.5 Å². The van der Waals surface area contributed by atoms with Crippen LogP contribution in [0.25, 0.3) is 11.2 Å². The van der Waals surface area contributed by atoms with Crippen LogP contribution in [0, 0.1) is 6.92 Å². The average Bonchev–Trinajstić information content (AvgIpc) is 2.72. The van der Waals surface area contributed by atoms with E-state index < -0.39 is 0 Å². The predicted octanol–water partition coefficient (Wildman–Crippen LogP) is 2.15. The van der Waals surface area contributed by atoms with E-state index in [4.69, 9.17) is 0 Å². The second-order valence-electron chi connectivity index (χ2n) is 4.40. The van der Waals surface area contributed by atoms with Crippen LogP contribution in [0.2, 0.25) is 0 Å². The summed E-state index contributed by atoms with van der Waals surface area (Å²) in [7, 11) is 0. The monoisotopic (exact) mass is 239 g/mol. The summed E-state index contributed by atoms with van der Waals surface area (Å²) in [6.45, 7) is 1.97. The Labute approximate surface area is 104 Å². The molecule has 0 aliphatic rings. The molecule has 0 atom stereocenters. The summed E-state index contributed by atoms with van der Waals surface area (Å²) < 4.78 is 0. The molecule has 90 valence electrons. The Hall–Kier alpha value is -2.36. The van der Waals surface area contributed by atoms with Crippen molar-refractivity contribution in [1.82, 2.24) is 15.0 Å². The van der Waals surface area contributed by atoms with Gasteiger partial charge in [-0.2, -0.15) is 0 Å². The molecule has 0 bridgehead atoms. The molecule has 3 aromatic rings. The number of nitrogens with zero attached hydrogens (tertiary/aromatic N) is 1. The number of rotatable bonds is 2. The maximum atomic E-state index is 11.3. The van der Waals surface area contributed by atoms with Crippen LogP contribution in [0.1, 0.15) is 16.8 Å². The molecule has 4 heteroatoms. The van der Waals surface area contributed by atoms with Crippen LogP contribution in [0.3, 0.4) is 0 Å². The first-order chi connectivity index (χ1) is 8.72. The van der Waals surface area contributed by atoms with Gasteiger partial charge in [-0.05, 0) is 24.1 Å². The van der Waals surface area contributed by atoms with Crippen LogP contribution < -0.4 is 5.69 Å². The molecule has 2 N–H and O–H groups in total. The van der Waals surface area contributed by atoms with Crippen molar-refractivity contribution < 1.29 is 0 Å². The van der Waals surface area contributed by atoms with Gasteiger partial charge in [0.05, 0.1) is 5.52 Å². The highest BCUT2D eigenvalue weighted by atomic mass is 16.1. The fraction of sp³-hybridized carbons (Fsp3) is 0.143. The molecule has 0 fully saturated rings. The third-order valence-corrected chi connectivity index (χ3v) is 2.97. The van der Waals surface area contributed by atoms with Crippen molar-refractivity contribution >= 4 is 11.2 Å². The molecule has 1 aromatic carbocycles. The van der Waals surface area contributed by atoms with Gasteiger partial charge < -0.3 is 4.98 Å². The summed E-state index contributed by atoms with van der Waals surface area (Å²) >= 11 is 0. The Kier molecular flexibility index (Phi) is 2.48. The van der Waals surface area contributed by atoms with Gasteiger partial charge in [-0.3, -0.25) is 4.98 Å². The second-order valence-corrected chi connectivity index (χ2v) is 4.40. The van der Waals surface area contributed by atoms with E-state index in [0.29, 0.717) is 5.65 Å². The smallest absolute Gasteiger partial charge is 0.304 e. The summed E-state index contributed by atoms with van der Waals surface area (Å²) in [6.07, 6.45) is 0.769. The fourth-order valence-corrected chi connectivity index (χ4v) is 2.14. The number of pyridine rings is 1. The molecular formula is C14H13N3O. The lowest BCUT2D eigenvalue weighted by atomic mass is 10.1.